The molecule has 1 aromatic heterocycles. The first-order chi connectivity index (χ1) is 12.1. The maximum Gasteiger partial charge on any atom is 0.241 e. The fraction of sp³-hybridized carbons (Fsp3) is 0.400. The van der Waals surface area contributed by atoms with Crippen molar-refractivity contribution in [2.24, 2.45) is 0 Å². The highest BCUT2D eigenvalue weighted by molar-refractivity contribution is 5.94. The molecule has 132 valence electrons. The van der Waals surface area contributed by atoms with Crippen LogP contribution in [0, 0.1) is 0 Å². The highest BCUT2D eigenvalue weighted by Gasteiger charge is 2.27. The van der Waals surface area contributed by atoms with Gasteiger partial charge >= 0.3 is 0 Å². The summed E-state index contributed by atoms with van der Waals surface area (Å²) in [4.78, 5) is 21.4. The van der Waals surface area contributed by atoms with Crippen molar-refractivity contribution >= 4 is 11.6 Å². The molecule has 1 saturated heterocycles. The molecule has 0 saturated carbocycles. The standard InChI is InChI=1S/C20H26N4O/c1-16(18-7-6-10-21-15-18)23-11-13-24(14-12-23)17(2)20(25)22-19-8-4-3-5-9-19/h3-10,15-17H,11-14H2,1-2H3,(H,22,25)/t16-,17-/m1/s1. The number of carbonyl (C=O) groups is 1. The molecule has 2 atom stereocenters. The van der Waals surface area contributed by atoms with Crippen LogP contribution in [0.25, 0.3) is 0 Å². The number of anilines is 1. The highest BCUT2D eigenvalue weighted by Crippen LogP contribution is 2.21. The summed E-state index contributed by atoms with van der Waals surface area (Å²) in [7, 11) is 0. The number of amides is 1. The fourth-order valence-electron chi connectivity index (χ4n) is 3.28. The molecule has 1 amide bonds. The molecular weight excluding hydrogens is 312 g/mol. The molecule has 5 heteroatoms. The number of pyridine rings is 1. The topological polar surface area (TPSA) is 48.5 Å². The smallest absolute Gasteiger partial charge is 0.241 e. The molecule has 5 nitrogen and oxygen atoms in total. The molecule has 1 N–H and O–H groups in total. The van der Waals surface area contributed by atoms with Gasteiger partial charge in [0, 0.05) is 50.3 Å². The van der Waals surface area contributed by atoms with E-state index in [1.165, 1.54) is 5.56 Å². The van der Waals surface area contributed by atoms with Crippen LogP contribution in [0.3, 0.4) is 0 Å². The summed E-state index contributed by atoms with van der Waals surface area (Å²) in [5.74, 6) is 0.0555. The van der Waals surface area contributed by atoms with Crippen LogP contribution >= 0.6 is 0 Å². The summed E-state index contributed by atoms with van der Waals surface area (Å²) in [6, 6.07) is 14.0. The maximum atomic E-state index is 12.5. The molecule has 3 rings (SSSR count). The van der Waals surface area contributed by atoms with E-state index in [0.29, 0.717) is 6.04 Å². The Morgan fingerprint density at radius 3 is 2.32 bits per heavy atom. The summed E-state index contributed by atoms with van der Waals surface area (Å²) in [5.41, 5.74) is 2.09. The monoisotopic (exact) mass is 338 g/mol. The third-order valence-corrected chi connectivity index (χ3v) is 5.03. The number of aromatic nitrogens is 1. The molecular formula is C20H26N4O. The van der Waals surface area contributed by atoms with Gasteiger partial charge in [-0.2, -0.15) is 0 Å². The average molecular weight is 338 g/mol. The molecule has 0 spiro atoms. The fourth-order valence-corrected chi connectivity index (χ4v) is 3.28. The van der Waals surface area contributed by atoms with Crippen molar-refractivity contribution in [3.8, 4) is 0 Å². The lowest BCUT2D eigenvalue weighted by Gasteiger charge is -2.40. The molecule has 1 fully saturated rings. The predicted octanol–water partition coefficient (Wildman–Crippen LogP) is 2.79. The van der Waals surface area contributed by atoms with Gasteiger partial charge in [0.25, 0.3) is 0 Å². The summed E-state index contributed by atoms with van der Waals surface area (Å²) >= 11 is 0. The van der Waals surface area contributed by atoms with E-state index < -0.39 is 0 Å². The Hall–Kier alpha value is -2.24. The summed E-state index contributed by atoms with van der Waals surface area (Å²) in [6.07, 6.45) is 3.74. The summed E-state index contributed by atoms with van der Waals surface area (Å²) in [6.45, 7) is 7.91. The van der Waals surface area contributed by atoms with Crippen molar-refractivity contribution in [3.05, 3.63) is 60.4 Å². The van der Waals surface area contributed by atoms with Gasteiger partial charge < -0.3 is 5.32 Å². The van der Waals surface area contributed by atoms with Gasteiger partial charge in [0.15, 0.2) is 0 Å². The molecule has 1 aliphatic heterocycles. The van der Waals surface area contributed by atoms with Crippen LogP contribution < -0.4 is 5.32 Å². The van der Waals surface area contributed by atoms with Crippen LogP contribution in [0.4, 0.5) is 5.69 Å². The molecule has 25 heavy (non-hydrogen) atoms. The lowest BCUT2D eigenvalue weighted by Crippen LogP contribution is -2.53. The van der Waals surface area contributed by atoms with Crippen molar-refractivity contribution < 1.29 is 4.79 Å². The average Bonchev–Trinajstić information content (AvgIpc) is 2.68. The van der Waals surface area contributed by atoms with E-state index in [9.17, 15) is 4.79 Å². The van der Waals surface area contributed by atoms with E-state index in [4.69, 9.17) is 0 Å². The number of hydrogen-bond donors (Lipinski definition) is 1. The van der Waals surface area contributed by atoms with Crippen molar-refractivity contribution in [1.82, 2.24) is 14.8 Å². The van der Waals surface area contributed by atoms with E-state index >= 15 is 0 Å². The number of rotatable bonds is 5. The van der Waals surface area contributed by atoms with Gasteiger partial charge in [-0.25, -0.2) is 0 Å². The number of piperazine rings is 1. The zero-order valence-electron chi connectivity index (χ0n) is 14.9. The summed E-state index contributed by atoms with van der Waals surface area (Å²) in [5, 5.41) is 3.00. The van der Waals surface area contributed by atoms with E-state index in [1.807, 2.05) is 49.5 Å². The Kier molecular flexibility index (Phi) is 5.79. The number of nitrogens with zero attached hydrogens (tertiary/aromatic N) is 3. The van der Waals surface area contributed by atoms with E-state index in [1.54, 1.807) is 6.20 Å². The van der Waals surface area contributed by atoms with Crippen LogP contribution in [0.5, 0.6) is 0 Å². The molecule has 1 aliphatic rings. The van der Waals surface area contributed by atoms with Crippen molar-refractivity contribution in [3.63, 3.8) is 0 Å². The lowest BCUT2D eigenvalue weighted by molar-refractivity contribution is -0.121. The Bertz CT molecular complexity index is 669. The normalized spacial score (nSPS) is 18.5. The second kappa shape index (κ2) is 8.23. The first-order valence-electron chi connectivity index (χ1n) is 8.89. The predicted molar refractivity (Wildman–Crippen MR) is 100 cm³/mol. The van der Waals surface area contributed by atoms with E-state index in [0.717, 1.165) is 31.9 Å². The minimum atomic E-state index is -0.129. The molecule has 0 aliphatic carbocycles. The molecule has 0 bridgehead atoms. The van der Waals surface area contributed by atoms with E-state index in [2.05, 4.69) is 33.1 Å². The van der Waals surface area contributed by atoms with Crippen LogP contribution in [-0.4, -0.2) is 52.9 Å². The Labute approximate surface area is 149 Å². The number of benzene rings is 1. The van der Waals surface area contributed by atoms with Crippen molar-refractivity contribution in [2.45, 2.75) is 25.9 Å². The quantitative estimate of drug-likeness (QED) is 0.911. The molecule has 0 unspecified atom stereocenters. The number of nitrogens with one attached hydrogen (secondary N) is 1. The van der Waals surface area contributed by atoms with Crippen molar-refractivity contribution in [1.29, 1.82) is 0 Å². The Morgan fingerprint density at radius 2 is 1.68 bits per heavy atom. The van der Waals surface area contributed by atoms with Crippen molar-refractivity contribution in [2.75, 3.05) is 31.5 Å². The second-order valence-electron chi connectivity index (χ2n) is 6.57. The maximum absolute atomic E-state index is 12.5. The third-order valence-electron chi connectivity index (χ3n) is 5.03. The van der Waals surface area contributed by atoms with Crippen LogP contribution in [0.1, 0.15) is 25.5 Å². The van der Waals surface area contributed by atoms with Gasteiger partial charge in [0.1, 0.15) is 0 Å². The largest absolute Gasteiger partial charge is 0.325 e. The number of para-hydroxylation sites is 1. The number of carbonyl (C=O) groups excluding carboxylic acids is 1. The van der Waals surface area contributed by atoms with E-state index in [-0.39, 0.29) is 11.9 Å². The number of hydrogen-bond acceptors (Lipinski definition) is 4. The molecule has 1 aromatic carbocycles. The first kappa shape index (κ1) is 17.6. The van der Waals surface area contributed by atoms with Crippen LogP contribution in [0.15, 0.2) is 54.9 Å². The molecule has 2 heterocycles. The Morgan fingerprint density at radius 1 is 1.00 bits per heavy atom. The molecule has 2 aromatic rings. The highest BCUT2D eigenvalue weighted by atomic mass is 16.2. The van der Waals surface area contributed by atoms with Gasteiger partial charge in [-0.1, -0.05) is 24.3 Å². The third kappa shape index (κ3) is 4.44. The van der Waals surface area contributed by atoms with Gasteiger partial charge in [-0.3, -0.25) is 19.6 Å². The van der Waals surface area contributed by atoms with Crippen LogP contribution in [-0.2, 0) is 4.79 Å². The van der Waals surface area contributed by atoms with Gasteiger partial charge in [0.05, 0.1) is 6.04 Å². The minimum Gasteiger partial charge on any atom is -0.325 e. The summed E-state index contributed by atoms with van der Waals surface area (Å²) < 4.78 is 0. The zero-order chi connectivity index (χ0) is 17.6. The first-order valence-corrected chi connectivity index (χ1v) is 8.89. The van der Waals surface area contributed by atoms with Gasteiger partial charge in [-0.15, -0.1) is 0 Å². The van der Waals surface area contributed by atoms with Crippen LogP contribution in [0.2, 0.25) is 0 Å². The molecule has 0 radical (unpaired) electrons. The lowest BCUT2D eigenvalue weighted by atomic mass is 10.1. The van der Waals surface area contributed by atoms with Gasteiger partial charge in [-0.05, 0) is 37.6 Å². The van der Waals surface area contributed by atoms with Gasteiger partial charge in [0.2, 0.25) is 5.91 Å². The zero-order valence-corrected chi connectivity index (χ0v) is 14.9. The SMILES string of the molecule is C[C@H](C(=O)Nc1ccccc1)N1CCN([C@H](C)c2cccnc2)CC1. The Balaban J connectivity index is 1.52. The second-order valence-corrected chi connectivity index (χ2v) is 6.57. The minimum absolute atomic E-state index is 0.0555.